The number of nitrogens with two attached hydrogens (primary N) is 2. The highest BCUT2D eigenvalue weighted by atomic mass is 16.6. The van der Waals surface area contributed by atoms with Crippen LogP contribution in [0.2, 0.25) is 0 Å². The zero-order valence-corrected chi connectivity index (χ0v) is 34.9. The van der Waals surface area contributed by atoms with Crippen molar-refractivity contribution in [2.24, 2.45) is 34.2 Å². The number of hydrogen-bond donors (Lipinski definition) is 3. The maximum atomic E-state index is 13.5. The summed E-state index contributed by atoms with van der Waals surface area (Å²) in [6.07, 6.45) is 7.71. The molecule has 15 heteroatoms. The van der Waals surface area contributed by atoms with Crippen LogP contribution in [-0.4, -0.2) is 127 Å². The Hall–Kier alpha value is -4.73. The molecule has 4 heterocycles. The van der Waals surface area contributed by atoms with Crippen LogP contribution in [0.15, 0.2) is 35.3 Å². The summed E-state index contributed by atoms with van der Waals surface area (Å²) in [5, 5.41) is 1.21. The van der Waals surface area contributed by atoms with Crippen LogP contribution in [0.5, 0.6) is 23.0 Å². The fourth-order valence-electron chi connectivity index (χ4n) is 9.62. The number of rotatable bonds is 11. The summed E-state index contributed by atoms with van der Waals surface area (Å²) in [7, 11) is 9.10. The van der Waals surface area contributed by atoms with Crippen LogP contribution in [0.1, 0.15) is 72.6 Å². The standard InChI is InChI=1S/C33H40N2O9.C10H22N4/c1-38-19-7-8-20-21-9-10-35-16-18-13-27(44-32(36)17-11-25(39-2)30(41-4)26(12-17)40-3)31(42-5)28(33(37)43-6)22(18)15-24(35)29(21)34-23(20)14-19;11-10(12)13-6-9-14-7-4-2-1-3-5-8-14/h7-8,11-12,14,18,22,24,27-28,31,34H,9-10,13,15-16H2,1-6H3;1-9H2,(H4,11,12,13)/t18-,22+,24-,27-,28+,31+;/m1./s1. The predicted octanol–water partition coefficient (Wildman–Crippen LogP) is 4.70. The van der Waals surface area contributed by atoms with Crippen molar-refractivity contribution >= 4 is 28.8 Å². The van der Waals surface area contributed by atoms with Crippen LogP contribution in [0.3, 0.4) is 0 Å². The van der Waals surface area contributed by atoms with Crippen molar-refractivity contribution in [3.8, 4) is 23.0 Å². The van der Waals surface area contributed by atoms with Gasteiger partial charge in [-0.15, -0.1) is 0 Å². The van der Waals surface area contributed by atoms with E-state index in [1.165, 1.54) is 90.3 Å². The second-order valence-corrected chi connectivity index (χ2v) is 15.6. The average Bonchev–Trinajstić information content (AvgIpc) is 3.60. The number of hydrogen-bond acceptors (Lipinski definition) is 12. The number of nitrogens with one attached hydrogen (secondary N) is 1. The van der Waals surface area contributed by atoms with Crippen molar-refractivity contribution in [1.82, 2.24) is 14.8 Å². The third kappa shape index (κ3) is 9.42. The smallest absolute Gasteiger partial charge is 0.338 e. The van der Waals surface area contributed by atoms with Crippen LogP contribution in [0.25, 0.3) is 10.9 Å². The summed E-state index contributed by atoms with van der Waals surface area (Å²) in [6, 6.07) is 9.40. The van der Waals surface area contributed by atoms with Crippen molar-refractivity contribution in [1.29, 1.82) is 0 Å². The van der Waals surface area contributed by atoms with E-state index in [4.69, 9.17) is 44.6 Å². The van der Waals surface area contributed by atoms with Gasteiger partial charge >= 0.3 is 11.9 Å². The van der Waals surface area contributed by atoms with E-state index >= 15 is 0 Å². The third-order valence-electron chi connectivity index (χ3n) is 12.4. The van der Waals surface area contributed by atoms with Crippen molar-refractivity contribution in [2.75, 3.05) is 81.9 Å². The molecule has 0 bridgehead atoms. The number of carbonyl (C=O) groups is 2. The first-order valence-corrected chi connectivity index (χ1v) is 20.5. The minimum Gasteiger partial charge on any atom is -0.497 e. The minimum absolute atomic E-state index is 0.0170. The van der Waals surface area contributed by atoms with Gasteiger partial charge in [0.05, 0.1) is 59.6 Å². The molecule has 318 valence electrons. The van der Waals surface area contributed by atoms with E-state index in [1.807, 2.05) is 12.1 Å². The molecule has 6 atom stereocenters. The van der Waals surface area contributed by atoms with E-state index in [-0.39, 0.29) is 35.4 Å². The number of nitrogens with zero attached hydrogens (tertiary/aromatic N) is 3. The van der Waals surface area contributed by atoms with E-state index in [0.29, 0.717) is 23.7 Å². The first kappa shape index (κ1) is 42.9. The maximum Gasteiger partial charge on any atom is 0.338 e. The molecule has 58 heavy (non-hydrogen) atoms. The number of H-pyrrole nitrogens is 1. The van der Waals surface area contributed by atoms with Crippen LogP contribution in [0, 0.1) is 17.8 Å². The fraction of sp³-hybridized carbons (Fsp3) is 0.605. The largest absolute Gasteiger partial charge is 0.497 e. The second-order valence-electron chi connectivity index (χ2n) is 15.6. The average molecular weight is 807 g/mol. The highest BCUT2D eigenvalue weighted by molar-refractivity contribution is 5.91. The van der Waals surface area contributed by atoms with Gasteiger partial charge in [-0.25, -0.2) is 4.79 Å². The predicted molar refractivity (Wildman–Crippen MR) is 221 cm³/mol. The number of piperidine rings is 1. The molecule has 0 spiro atoms. The Bertz CT molecular complexity index is 1860. The number of aromatic amines is 1. The topological polar surface area (TPSA) is 185 Å². The quantitative estimate of drug-likeness (QED) is 0.138. The van der Waals surface area contributed by atoms with Crippen molar-refractivity contribution in [3.63, 3.8) is 0 Å². The molecule has 0 amide bonds. The summed E-state index contributed by atoms with van der Waals surface area (Å²) in [5.74, 6) is 0.646. The Morgan fingerprint density at radius 2 is 1.57 bits per heavy atom. The Morgan fingerprint density at radius 3 is 2.19 bits per heavy atom. The molecule has 3 aliphatic heterocycles. The first-order valence-electron chi connectivity index (χ1n) is 20.5. The van der Waals surface area contributed by atoms with Gasteiger partial charge in [0.25, 0.3) is 0 Å². The van der Waals surface area contributed by atoms with Gasteiger partial charge in [-0.3, -0.25) is 14.7 Å². The number of aromatic nitrogens is 1. The number of esters is 2. The Morgan fingerprint density at radius 1 is 0.862 bits per heavy atom. The molecule has 0 unspecified atom stereocenters. The van der Waals surface area contributed by atoms with Crippen LogP contribution >= 0.6 is 0 Å². The lowest BCUT2D eigenvalue weighted by Crippen LogP contribution is -2.58. The summed E-state index contributed by atoms with van der Waals surface area (Å²) in [5.41, 5.74) is 14.4. The van der Waals surface area contributed by atoms with Gasteiger partial charge < -0.3 is 54.5 Å². The number of aliphatic imine (C=N–C) groups is 1. The summed E-state index contributed by atoms with van der Waals surface area (Å²) >= 11 is 0. The SMILES string of the molecule is COC(=O)[C@H]1[C@H]2C[C@@H]3c4[nH]c5cc(OC)ccc5c4CCN3C[C@H]2C[C@@H](OC(=O)c2cc(OC)c(OC)c(OC)c2)[C@@H]1OC.NC(N)=NCCN1CCCCCCC1. The first-order chi connectivity index (χ1) is 28.1. The molecular formula is C43H62N6O9. The highest BCUT2D eigenvalue weighted by Crippen LogP contribution is 2.51. The minimum atomic E-state index is -0.670. The van der Waals surface area contributed by atoms with Crippen LogP contribution < -0.4 is 30.4 Å². The van der Waals surface area contributed by atoms with Crippen LogP contribution in [0.4, 0.5) is 0 Å². The van der Waals surface area contributed by atoms with E-state index < -0.39 is 24.1 Å². The molecule has 2 saturated heterocycles. The maximum absolute atomic E-state index is 13.5. The van der Waals surface area contributed by atoms with E-state index in [2.05, 4.69) is 25.8 Å². The number of fused-ring (bicyclic) bond motifs is 6. The summed E-state index contributed by atoms with van der Waals surface area (Å²) in [6.45, 7) is 5.84. The number of benzene rings is 2. The molecule has 1 aromatic heterocycles. The van der Waals surface area contributed by atoms with E-state index in [1.54, 1.807) is 26.4 Å². The Balaban J connectivity index is 0.000000344. The molecule has 3 aromatic rings. The van der Waals surface area contributed by atoms with Gasteiger partial charge in [-0.1, -0.05) is 19.3 Å². The number of guanidine groups is 1. The van der Waals surface area contributed by atoms with Gasteiger partial charge in [0.1, 0.15) is 18.0 Å². The van der Waals surface area contributed by atoms with Gasteiger partial charge in [0, 0.05) is 49.4 Å². The van der Waals surface area contributed by atoms with Crippen molar-refractivity contribution in [3.05, 3.63) is 47.2 Å². The second kappa shape index (κ2) is 19.8. The summed E-state index contributed by atoms with van der Waals surface area (Å²) in [4.78, 5) is 39.6. The lowest BCUT2D eigenvalue weighted by molar-refractivity contribution is -0.176. The summed E-state index contributed by atoms with van der Waals surface area (Å²) < 4.78 is 39.1. The van der Waals surface area contributed by atoms with Gasteiger partial charge in [-0.05, 0) is 86.9 Å². The van der Waals surface area contributed by atoms with Crippen molar-refractivity contribution < 1.29 is 42.7 Å². The zero-order valence-electron chi connectivity index (χ0n) is 34.9. The van der Waals surface area contributed by atoms with Crippen molar-refractivity contribution in [2.45, 2.75) is 69.6 Å². The van der Waals surface area contributed by atoms with Gasteiger partial charge in [-0.2, -0.15) is 0 Å². The molecule has 5 N–H and O–H groups in total. The van der Waals surface area contributed by atoms with E-state index in [0.717, 1.165) is 50.3 Å². The van der Waals surface area contributed by atoms with Crippen LogP contribution in [-0.2, 0) is 25.4 Å². The molecule has 1 aliphatic carbocycles. The molecule has 15 nitrogen and oxygen atoms in total. The zero-order chi connectivity index (χ0) is 41.3. The number of ether oxygens (including phenoxy) is 7. The monoisotopic (exact) mass is 806 g/mol. The number of carbonyl (C=O) groups excluding carboxylic acids is 2. The normalized spacial score (nSPS) is 24.6. The molecule has 0 radical (unpaired) electrons. The third-order valence-corrected chi connectivity index (χ3v) is 12.4. The molecular weight excluding hydrogens is 745 g/mol. The lowest BCUT2D eigenvalue weighted by Gasteiger charge is -2.52. The highest BCUT2D eigenvalue weighted by Gasteiger charge is 2.54. The molecule has 4 aliphatic rings. The Kier molecular flexibility index (Phi) is 14.6. The number of methoxy groups -OCH3 is 6. The molecule has 3 fully saturated rings. The fourth-order valence-corrected chi connectivity index (χ4v) is 9.62. The van der Waals surface area contributed by atoms with Gasteiger partial charge in [0.2, 0.25) is 5.75 Å². The van der Waals surface area contributed by atoms with E-state index in [9.17, 15) is 9.59 Å². The lowest BCUT2D eigenvalue weighted by atomic mass is 9.63. The molecule has 1 saturated carbocycles. The Labute approximate surface area is 341 Å². The number of likely N-dealkylation sites (tertiary alicyclic amines) is 1. The molecule has 2 aromatic carbocycles. The van der Waals surface area contributed by atoms with Gasteiger partial charge in [0.15, 0.2) is 17.5 Å². The molecule has 7 rings (SSSR count).